The van der Waals surface area contributed by atoms with Crippen molar-refractivity contribution < 1.29 is 9.59 Å². The first-order chi connectivity index (χ1) is 15.0. The van der Waals surface area contributed by atoms with Crippen LogP contribution in [-0.2, 0) is 7.05 Å². The normalized spacial score (nSPS) is 14.0. The van der Waals surface area contributed by atoms with E-state index in [0.29, 0.717) is 40.1 Å². The lowest BCUT2D eigenvalue weighted by Gasteiger charge is -2.27. The third kappa shape index (κ3) is 4.15. The van der Waals surface area contributed by atoms with Crippen LogP contribution in [0.3, 0.4) is 0 Å². The van der Waals surface area contributed by atoms with E-state index in [1.807, 2.05) is 18.5 Å². The number of nitrogens with one attached hydrogen (secondary N) is 3. The van der Waals surface area contributed by atoms with Crippen LogP contribution in [0.2, 0.25) is 0 Å². The standard InChI is InChI=1S/C19H25N9O2S/c1-4-21-19(30)26-18-24-13-12(14(25-18)28-8-6-5-7-9-28)23-15(27(13)3)17-22-11(10-31-17)16(29)20-2/h10H,4-9H2,1-3H3,(H,20,29)(H2,21,24,25,26,30). The van der Waals surface area contributed by atoms with E-state index in [-0.39, 0.29) is 17.9 Å². The van der Waals surface area contributed by atoms with Gasteiger partial charge in [0.05, 0.1) is 0 Å². The van der Waals surface area contributed by atoms with E-state index >= 15 is 0 Å². The summed E-state index contributed by atoms with van der Waals surface area (Å²) in [6.07, 6.45) is 3.34. The van der Waals surface area contributed by atoms with Gasteiger partial charge in [0, 0.05) is 39.1 Å². The number of aromatic nitrogens is 5. The molecule has 1 fully saturated rings. The first-order valence-electron chi connectivity index (χ1n) is 10.2. The molecule has 3 N–H and O–H groups in total. The van der Waals surface area contributed by atoms with Gasteiger partial charge in [-0.1, -0.05) is 0 Å². The Bertz CT molecular complexity index is 1120. The second kappa shape index (κ2) is 8.84. The van der Waals surface area contributed by atoms with Crippen molar-refractivity contribution in [1.29, 1.82) is 0 Å². The number of nitrogens with zero attached hydrogens (tertiary/aromatic N) is 6. The average Bonchev–Trinajstić information content (AvgIpc) is 3.39. The molecule has 0 atom stereocenters. The fraction of sp³-hybridized carbons (Fsp3) is 0.474. The Hall–Kier alpha value is -3.28. The molecule has 1 aliphatic heterocycles. The van der Waals surface area contributed by atoms with E-state index in [1.54, 1.807) is 12.4 Å². The van der Waals surface area contributed by atoms with Gasteiger partial charge in [-0.15, -0.1) is 11.3 Å². The van der Waals surface area contributed by atoms with Crippen molar-refractivity contribution in [2.45, 2.75) is 26.2 Å². The Morgan fingerprint density at radius 2 is 1.90 bits per heavy atom. The summed E-state index contributed by atoms with van der Waals surface area (Å²) in [4.78, 5) is 44.5. The Labute approximate surface area is 183 Å². The molecule has 11 nitrogen and oxygen atoms in total. The highest BCUT2D eigenvalue weighted by molar-refractivity contribution is 7.13. The minimum Gasteiger partial charge on any atom is -0.355 e. The molecular weight excluding hydrogens is 418 g/mol. The number of anilines is 2. The maximum Gasteiger partial charge on any atom is 0.321 e. The molecule has 0 bridgehead atoms. The lowest BCUT2D eigenvalue weighted by molar-refractivity contribution is 0.0959. The zero-order valence-electron chi connectivity index (χ0n) is 17.7. The van der Waals surface area contributed by atoms with Crippen molar-refractivity contribution in [3.8, 4) is 10.8 Å². The van der Waals surface area contributed by atoms with Crippen LogP contribution in [0.25, 0.3) is 22.0 Å². The predicted molar refractivity (Wildman–Crippen MR) is 120 cm³/mol. The largest absolute Gasteiger partial charge is 0.355 e. The van der Waals surface area contributed by atoms with E-state index in [0.717, 1.165) is 25.9 Å². The second-order valence-electron chi connectivity index (χ2n) is 7.19. The highest BCUT2D eigenvalue weighted by Crippen LogP contribution is 2.32. The lowest BCUT2D eigenvalue weighted by Crippen LogP contribution is -2.32. The number of aryl methyl sites for hydroxylation is 1. The molecular formula is C19H25N9O2S. The van der Waals surface area contributed by atoms with Crippen LogP contribution >= 0.6 is 11.3 Å². The summed E-state index contributed by atoms with van der Waals surface area (Å²) in [7, 11) is 3.41. The molecule has 1 saturated heterocycles. The van der Waals surface area contributed by atoms with Crippen molar-refractivity contribution >= 4 is 46.2 Å². The summed E-state index contributed by atoms with van der Waals surface area (Å²) in [5.41, 5.74) is 1.59. The fourth-order valence-corrected chi connectivity index (χ4v) is 4.36. The smallest absolute Gasteiger partial charge is 0.321 e. The van der Waals surface area contributed by atoms with Crippen molar-refractivity contribution in [2.75, 3.05) is 36.9 Å². The molecule has 3 aromatic heterocycles. The highest BCUT2D eigenvalue weighted by Gasteiger charge is 2.24. The van der Waals surface area contributed by atoms with Crippen LogP contribution < -0.4 is 20.9 Å². The number of hydrogen-bond acceptors (Lipinski definition) is 8. The molecule has 31 heavy (non-hydrogen) atoms. The lowest BCUT2D eigenvalue weighted by atomic mass is 10.1. The Morgan fingerprint density at radius 3 is 2.61 bits per heavy atom. The van der Waals surface area contributed by atoms with Crippen molar-refractivity contribution in [3.63, 3.8) is 0 Å². The van der Waals surface area contributed by atoms with Crippen LogP contribution in [0, 0.1) is 0 Å². The number of piperidine rings is 1. The quantitative estimate of drug-likeness (QED) is 0.550. The maximum atomic E-state index is 12.1. The molecule has 4 heterocycles. The van der Waals surface area contributed by atoms with Gasteiger partial charge in [0.2, 0.25) is 5.95 Å². The summed E-state index contributed by atoms with van der Waals surface area (Å²) in [6, 6.07) is -0.357. The summed E-state index contributed by atoms with van der Waals surface area (Å²) >= 11 is 1.34. The van der Waals surface area contributed by atoms with Crippen molar-refractivity contribution in [3.05, 3.63) is 11.1 Å². The first kappa shape index (κ1) is 21.0. The molecule has 0 radical (unpaired) electrons. The summed E-state index contributed by atoms with van der Waals surface area (Å²) < 4.78 is 1.82. The van der Waals surface area contributed by atoms with E-state index in [1.165, 1.54) is 17.8 Å². The number of carbonyl (C=O) groups is 2. The molecule has 164 valence electrons. The van der Waals surface area contributed by atoms with Crippen molar-refractivity contribution in [2.24, 2.45) is 7.05 Å². The Morgan fingerprint density at radius 1 is 1.13 bits per heavy atom. The number of imidazole rings is 1. The van der Waals surface area contributed by atoms with Gasteiger partial charge in [0.15, 0.2) is 27.8 Å². The third-order valence-electron chi connectivity index (χ3n) is 5.07. The molecule has 0 saturated carbocycles. The summed E-state index contributed by atoms with van der Waals surface area (Å²) in [5.74, 6) is 1.27. The number of rotatable bonds is 5. The molecule has 3 aromatic rings. The third-order valence-corrected chi connectivity index (χ3v) is 5.91. The molecule has 3 amide bonds. The molecule has 0 unspecified atom stereocenters. The predicted octanol–water partition coefficient (Wildman–Crippen LogP) is 1.98. The zero-order valence-corrected chi connectivity index (χ0v) is 18.5. The van der Waals surface area contributed by atoms with E-state index in [2.05, 4.69) is 35.8 Å². The highest BCUT2D eigenvalue weighted by atomic mass is 32.1. The average molecular weight is 444 g/mol. The van der Waals surface area contributed by atoms with Gasteiger partial charge in [0.1, 0.15) is 5.69 Å². The van der Waals surface area contributed by atoms with Gasteiger partial charge in [-0.3, -0.25) is 10.1 Å². The number of urea groups is 1. The van der Waals surface area contributed by atoms with Crippen LogP contribution in [0.1, 0.15) is 36.7 Å². The zero-order chi connectivity index (χ0) is 22.0. The molecule has 1 aliphatic rings. The fourth-order valence-electron chi connectivity index (χ4n) is 3.54. The minimum absolute atomic E-state index is 0.221. The number of amides is 3. The number of thiazole rings is 1. The van der Waals surface area contributed by atoms with Gasteiger partial charge < -0.3 is 20.1 Å². The maximum absolute atomic E-state index is 12.1. The van der Waals surface area contributed by atoms with Gasteiger partial charge in [-0.2, -0.15) is 9.97 Å². The van der Waals surface area contributed by atoms with Crippen LogP contribution in [0.15, 0.2) is 5.38 Å². The molecule has 4 rings (SSSR count). The Kier molecular flexibility index (Phi) is 5.98. The number of hydrogen-bond donors (Lipinski definition) is 3. The first-order valence-corrected chi connectivity index (χ1v) is 11.1. The van der Waals surface area contributed by atoms with Crippen LogP contribution in [0.5, 0.6) is 0 Å². The van der Waals surface area contributed by atoms with Crippen LogP contribution in [0.4, 0.5) is 16.6 Å². The molecule has 0 aliphatic carbocycles. The Balaban J connectivity index is 1.81. The van der Waals surface area contributed by atoms with E-state index in [9.17, 15) is 9.59 Å². The number of fused-ring (bicyclic) bond motifs is 1. The van der Waals surface area contributed by atoms with Gasteiger partial charge >= 0.3 is 6.03 Å². The molecule has 0 spiro atoms. The number of carbonyl (C=O) groups excluding carboxylic acids is 2. The van der Waals surface area contributed by atoms with Gasteiger partial charge in [-0.25, -0.2) is 14.8 Å². The molecule has 12 heteroatoms. The van der Waals surface area contributed by atoms with Gasteiger partial charge in [-0.05, 0) is 26.2 Å². The second-order valence-corrected chi connectivity index (χ2v) is 8.04. The molecule has 0 aromatic carbocycles. The van der Waals surface area contributed by atoms with Crippen LogP contribution in [-0.4, -0.2) is 63.1 Å². The summed E-state index contributed by atoms with van der Waals surface area (Å²) in [5, 5.41) is 10.3. The SMILES string of the molecule is CCNC(=O)Nc1nc(N2CCCCC2)c2nc(-c3nc(C(=O)NC)cs3)n(C)c2n1. The monoisotopic (exact) mass is 443 g/mol. The summed E-state index contributed by atoms with van der Waals surface area (Å²) in [6.45, 7) is 4.09. The van der Waals surface area contributed by atoms with Gasteiger partial charge in [0.25, 0.3) is 5.91 Å². The van der Waals surface area contributed by atoms with E-state index in [4.69, 9.17) is 4.98 Å². The minimum atomic E-state index is -0.357. The topological polar surface area (TPSA) is 130 Å². The van der Waals surface area contributed by atoms with Crippen molar-refractivity contribution in [1.82, 2.24) is 35.1 Å². The van der Waals surface area contributed by atoms with E-state index < -0.39 is 0 Å².